The summed E-state index contributed by atoms with van der Waals surface area (Å²) < 4.78 is 39.1. The third kappa shape index (κ3) is 14.8. The van der Waals surface area contributed by atoms with Crippen molar-refractivity contribution in [3.63, 3.8) is 0 Å². The molecule has 1 atom stereocenters. The van der Waals surface area contributed by atoms with Gasteiger partial charge >= 0.3 is 29.5 Å². The Bertz CT molecular complexity index is 1050. The molecule has 17 heteroatoms. The molecule has 0 fully saturated rings. The van der Waals surface area contributed by atoms with Crippen LogP contribution in [0.25, 0.3) is 0 Å². The van der Waals surface area contributed by atoms with E-state index in [-0.39, 0.29) is 10.5 Å². The van der Waals surface area contributed by atoms with Gasteiger partial charge in [-0.2, -0.15) is 9.47 Å². The zero-order valence-corrected chi connectivity index (χ0v) is 33.0. The van der Waals surface area contributed by atoms with Crippen LogP contribution in [-0.4, -0.2) is 114 Å². The van der Waals surface area contributed by atoms with Gasteiger partial charge in [0.1, 0.15) is 6.20 Å². The number of ether oxygens (including phenoxy) is 1. The van der Waals surface area contributed by atoms with Gasteiger partial charge in [0.25, 0.3) is 0 Å². The number of unbranched alkanes of at least 4 members (excludes halogenated alkanes) is 7. The largest absolute Gasteiger partial charge is 0.500 e. The van der Waals surface area contributed by atoms with Crippen LogP contribution in [0, 0.1) is 0 Å². The average Bonchev–Trinajstić information content (AvgIpc) is 3.62. The number of nitrogens with zero attached hydrogens (tertiary/aromatic N) is 5. The van der Waals surface area contributed by atoms with E-state index in [1.54, 1.807) is 48.9 Å². The van der Waals surface area contributed by atoms with E-state index in [0.29, 0.717) is 62.6 Å². The highest BCUT2D eigenvalue weighted by Gasteiger charge is 2.38. The normalized spacial score (nSPS) is 16.0. The van der Waals surface area contributed by atoms with Gasteiger partial charge in [0.15, 0.2) is 0 Å². The predicted molar refractivity (Wildman–Crippen MR) is 196 cm³/mol. The summed E-state index contributed by atoms with van der Waals surface area (Å²) in [6.07, 6.45) is 17.2. The maximum Gasteiger partial charge on any atom is 0.500 e. The van der Waals surface area contributed by atoms with Crippen LogP contribution in [0.3, 0.4) is 0 Å². The van der Waals surface area contributed by atoms with E-state index in [0.717, 1.165) is 38.5 Å². The Kier molecular flexibility index (Phi) is 20.9. The number of aromatic nitrogens is 3. The maximum atomic E-state index is 12.2. The Morgan fingerprint density at radius 1 is 0.694 bits per heavy atom. The fourth-order valence-electron chi connectivity index (χ4n) is 5.50. The zero-order chi connectivity index (χ0) is 35.9. The molecular formula is C32H62N7O8Si2+. The Balaban J connectivity index is 2.03. The van der Waals surface area contributed by atoms with Crippen molar-refractivity contribution in [3.8, 4) is 0 Å². The van der Waals surface area contributed by atoms with Crippen molar-refractivity contribution in [3.05, 3.63) is 12.4 Å². The molecule has 0 saturated carbocycles. The predicted octanol–water partition coefficient (Wildman–Crippen LogP) is 5.52. The van der Waals surface area contributed by atoms with E-state index in [1.165, 1.54) is 32.1 Å². The lowest BCUT2D eigenvalue weighted by atomic mass is 10.1. The van der Waals surface area contributed by atoms with Crippen molar-refractivity contribution in [1.82, 2.24) is 19.4 Å². The molecule has 0 aromatic carbocycles. The van der Waals surface area contributed by atoms with Crippen LogP contribution in [0.4, 0.5) is 17.8 Å². The first-order valence-corrected chi connectivity index (χ1v) is 21.5. The summed E-state index contributed by atoms with van der Waals surface area (Å²) in [4.78, 5) is 30.9. The SMILES string of the molecule is CCCCCCCCCC(=O)OCCCC[N+]1(c2nc(NCCC[Si](OC)(OC)OC)nc(NCCC[Si](OC)(OC)OC)n2)C=CN=C1. The third-order valence-electron chi connectivity index (χ3n) is 8.61. The average molecular weight is 729 g/mol. The van der Waals surface area contributed by atoms with E-state index in [2.05, 4.69) is 27.5 Å². The summed E-state index contributed by atoms with van der Waals surface area (Å²) in [6, 6.07) is 1.27. The molecule has 0 aliphatic carbocycles. The van der Waals surface area contributed by atoms with Crippen molar-refractivity contribution in [2.75, 3.05) is 79.5 Å². The van der Waals surface area contributed by atoms with Gasteiger partial charge in [-0.3, -0.25) is 4.79 Å². The van der Waals surface area contributed by atoms with Crippen LogP contribution in [0.2, 0.25) is 12.1 Å². The van der Waals surface area contributed by atoms with Crippen LogP contribution in [0.5, 0.6) is 0 Å². The number of hydrogen-bond donors (Lipinski definition) is 2. The summed E-state index contributed by atoms with van der Waals surface area (Å²) in [5.41, 5.74) is 0. The molecule has 2 N–H and O–H groups in total. The van der Waals surface area contributed by atoms with Crippen molar-refractivity contribution >= 4 is 47.8 Å². The molecule has 0 spiro atoms. The zero-order valence-electron chi connectivity index (χ0n) is 31.0. The molecule has 1 unspecified atom stereocenters. The standard InChI is InChI=1S/C32H62N7O8Si2/c1-8-9-10-11-12-13-14-19-29(40)47-25-16-15-23-39(24-22-33-28-39)32-37-30(34-20-17-26-48(41-2,42-3)43-4)36-31(38-32)35-21-18-27-49(44-5,45-6)46-7/h22,24,28H,8-21,23,25-27H2,1-7H3,(H2,34,35,36,37,38)/q+1. The number of quaternary nitrogens is 1. The first-order chi connectivity index (χ1) is 23.8. The minimum atomic E-state index is -2.70. The Hall–Kier alpha value is -2.36. The number of hydrogen-bond acceptors (Lipinski definition) is 14. The number of carbonyl (C=O) groups excluding carboxylic acids is 1. The summed E-state index contributed by atoms with van der Waals surface area (Å²) >= 11 is 0. The van der Waals surface area contributed by atoms with Gasteiger partial charge in [-0.05, 0) is 25.7 Å². The topological polar surface area (TPSA) is 157 Å². The second-order valence-corrected chi connectivity index (χ2v) is 18.1. The van der Waals surface area contributed by atoms with Crippen molar-refractivity contribution in [1.29, 1.82) is 0 Å². The van der Waals surface area contributed by atoms with Crippen LogP contribution < -0.4 is 15.1 Å². The molecule has 0 saturated heterocycles. The summed E-state index contributed by atoms with van der Waals surface area (Å²) in [7, 11) is 4.26. The molecule has 49 heavy (non-hydrogen) atoms. The Labute approximate surface area is 295 Å². The fourth-order valence-corrected chi connectivity index (χ4v) is 8.94. The lowest BCUT2D eigenvalue weighted by Crippen LogP contribution is -2.44. The van der Waals surface area contributed by atoms with Crippen molar-refractivity contribution < 1.29 is 36.1 Å². The lowest BCUT2D eigenvalue weighted by molar-refractivity contribution is -0.143. The van der Waals surface area contributed by atoms with Gasteiger partial charge in [0, 0.05) is 80.7 Å². The van der Waals surface area contributed by atoms with Crippen LogP contribution in [0.15, 0.2) is 17.4 Å². The first-order valence-electron chi connectivity index (χ1n) is 17.6. The minimum Gasteiger partial charge on any atom is -0.466 e. The highest BCUT2D eigenvalue weighted by molar-refractivity contribution is 6.60. The molecule has 0 bridgehead atoms. The monoisotopic (exact) mass is 728 g/mol. The molecule has 280 valence electrons. The second-order valence-electron chi connectivity index (χ2n) is 11.9. The number of esters is 1. The maximum absolute atomic E-state index is 12.2. The summed E-state index contributed by atoms with van der Waals surface area (Å²) in [6.45, 7) is 4.40. The molecule has 0 radical (unpaired) electrons. The highest BCUT2D eigenvalue weighted by atomic mass is 28.4. The molecule has 1 aromatic rings. The molecule has 0 amide bonds. The van der Waals surface area contributed by atoms with Crippen molar-refractivity contribution in [2.24, 2.45) is 4.99 Å². The fraction of sp³-hybridized carbons (Fsp3) is 0.781. The number of aliphatic imine (C=N–C) groups is 1. The summed E-state index contributed by atoms with van der Waals surface area (Å²) in [5, 5.41) is 6.68. The van der Waals surface area contributed by atoms with E-state index in [4.69, 9.17) is 41.3 Å². The third-order valence-corrected chi connectivity index (χ3v) is 14.3. The molecule has 2 rings (SSSR count). The van der Waals surface area contributed by atoms with Gasteiger partial charge in [-0.1, -0.05) is 45.4 Å². The van der Waals surface area contributed by atoms with Crippen LogP contribution in [0.1, 0.15) is 84.0 Å². The number of rotatable bonds is 30. The van der Waals surface area contributed by atoms with Gasteiger partial charge in [0.2, 0.25) is 18.2 Å². The molecule has 1 aromatic heterocycles. The quantitative estimate of drug-likeness (QED) is 0.0443. The van der Waals surface area contributed by atoms with Gasteiger partial charge in [0.05, 0.1) is 19.4 Å². The number of carbonyl (C=O) groups is 1. The summed E-state index contributed by atoms with van der Waals surface area (Å²) in [5.74, 6) is 1.28. The number of nitrogens with one attached hydrogen (secondary N) is 2. The highest BCUT2D eigenvalue weighted by Crippen LogP contribution is 2.25. The van der Waals surface area contributed by atoms with Gasteiger partial charge in [-0.15, -0.1) is 9.97 Å². The van der Waals surface area contributed by atoms with E-state index in [1.807, 2.05) is 12.5 Å². The van der Waals surface area contributed by atoms with Crippen LogP contribution in [-0.2, 0) is 36.1 Å². The second kappa shape index (κ2) is 23.9. The molecule has 2 heterocycles. The van der Waals surface area contributed by atoms with Crippen LogP contribution >= 0.6 is 0 Å². The van der Waals surface area contributed by atoms with E-state index >= 15 is 0 Å². The smallest absolute Gasteiger partial charge is 0.466 e. The Morgan fingerprint density at radius 3 is 1.71 bits per heavy atom. The molecule has 1 aliphatic heterocycles. The van der Waals surface area contributed by atoms with Gasteiger partial charge in [-0.25, -0.2) is 4.99 Å². The van der Waals surface area contributed by atoms with E-state index < -0.39 is 17.6 Å². The van der Waals surface area contributed by atoms with Gasteiger partial charge < -0.3 is 41.9 Å². The molecule has 1 aliphatic rings. The molecule has 15 nitrogen and oxygen atoms in total. The first kappa shape index (κ1) is 42.8. The lowest BCUT2D eigenvalue weighted by Gasteiger charge is -2.25. The Morgan fingerprint density at radius 2 is 1.22 bits per heavy atom. The minimum absolute atomic E-state index is 0.119. The van der Waals surface area contributed by atoms with E-state index in [9.17, 15) is 4.79 Å². The molecular weight excluding hydrogens is 667 g/mol. The van der Waals surface area contributed by atoms with Crippen molar-refractivity contribution in [2.45, 2.75) is 96.1 Å². The number of anilines is 2.